The molecular formula is C19H24N2O2. The molecule has 0 aliphatic heterocycles. The Hall–Kier alpha value is -2.07. The van der Waals surface area contributed by atoms with E-state index in [1.54, 1.807) is 0 Å². The van der Waals surface area contributed by atoms with Crippen LogP contribution in [0, 0.1) is 13.8 Å². The Balaban J connectivity index is 1.58. The lowest BCUT2D eigenvalue weighted by atomic mass is 10.1. The number of amides is 1. The van der Waals surface area contributed by atoms with Gasteiger partial charge < -0.3 is 15.0 Å². The summed E-state index contributed by atoms with van der Waals surface area (Å²) in [5.41, 5.74) is 3.96. The molecule has 23 heavy (non-hydrogen) atoms. The molecular weight excluding hydrogens is 288 g/mol. The lowest BCUT2D eigenvalue weighted by Crippen LogP contribution is -2.33. The average molecular weight is 312 g/mol. The average Bonchev–Trinajstić information content (AvgIpc) is 3.31. The largest absolute Gasteiger partial charge is 0.391 e. The van der Waals surface area contributed by atoms with Crippen molar-refractivity contribution in [3.05, 3.63) is 58.9 Å². The monoisotopic (exact) mass is 312 g/mol. The van der Waals surface area contributed by atoms with Crippen molar-refractivity contribution in [3.63, 3.8) is 0 Å². The molecule has 3 rings (SSSR count). The minimum Gasteiger partial charge on any atom is -0.391 e. The molecule has 0 radical (unpaired) electrons. The molecule has 4 heteroatoms. The van der Waals surface area contributed by atoms with E-state index in [1.165, 1.54) is 12.8 Å². The van der Waals surface area contributed by atoms with Crippen LogP contribution in [0.4, 0.5) is 0 Å². The number of benzene rings is 1. The summed E-state index contributed by atoms with van der Waals surface area (Å²) in [4.78, 5) is 12.4. The van der Waals surface area contributed by atoms with Crippen LogP contribution in [0.15, 0.2) is 36.4 Å². The second-order valence-electron chi connectivity index (χ2n) is 6.44. The van der Waals surface area contributed by atoms with Gasteiger partial charge in [-0.1, -0.05) is 30.3 Å². The van der Waals surface area contributed by atoms with Crippen molar-refractivity contribution in [1.82, 2.24) is 9.88 Å². The van der Waals surface area contributed by atoms with Crippen LogP contribution < -0.4 is 5.32 Å². The topological polar surface area (TPSA) is 54.3 Å². The van der Waals surface area contributed by atoms with Gasteiger partial charge in [0, 0.05) is 30.4 Å². The zero-order chi connectivity index (χ0) is 16.4. The summed E-state index contributed by atoms with van der Waals surface area (Å²) >= 11 is 0. The molecule has 0 unspecified atom stereocenters. The highest BCUT2D eigenvalue weighted by Crippen LogP contribution is 2.38. The normalized spacial score (nSPS) is 15.4. The Morgan fingerprint density at radius 1 is 1.30 bits per heavy atom. The summed E-state index contributed by atoms with van der Waals surface area (Å²) in [5, 5.41) is 13.0. The molecule has 2 aromatic rings. The van der Waals surface area contributed by atoms with Gasteiger partial charge in [0.2, 0.25) is 0 Å². The SMILES string of the molecule is Cc1cc(C(=O)NC[C@@H](O)Cc2ccccc2)c(C)n1C1CC1. The van der Waals surface area contributed by atoms with Gasteiger partial charge in [0.25, 0.3) is 5.91 Å². The zero-order valence-electron chi connectivity index (χ0n) is 13.7. The van der Waals surface area contributed by atoms with Gasteiger partial charge in [-0.05, 0) is 38.3 Å². The number of carbonyl (C=O) groups excluding carboxylic acids is 1. The van der Waals surface area contributed by atoms with Crippen LogP contribution in [0.1, 0.15) is 46.2 Å². The Kier molecular flexibility index (Phi) is 4.53. The van der Waals surface area contributed by atoms with E-state index in [-0.39, 0.29) is 12.5 Å². The van der Waals surface area contributed by atoms with Gasteiger partial charge in [-0.2, -0.15) is 0 Å². The lowest BCUT2D eigenvalue weighted by molar-refractivity contribution is 0.0915. The molecule has 0 bridgehead atoms. The first kappa shape index (κ1) is 15.8. The Morgan fingerprint density at radius 3 is 2.65 bits per heavy atom. The van der Waals surface area contributed by atoms with E-state index in [4.69, 9.17) is 0 Å². The first-order chi connectivity index (χ1) is 11.1. The minimum atomic E-state index is -0.576. The van der Waals surface area contributed by atoms with Crippen LogP contribution >= 0.6 is 0 Å². The molecule has 4 nitrogen and oxygen atoms in total. The second-order valence-corrected chi connectivity index (χ2v) is 6.44. The van der Waals surface area contributed by atoms with Gasteiger partial charge in [0.05, 0.1) is 11.7 Å². The number of hydrogen-bond acceptors (Lipinski definition) is 2. The first-order valence-electron chi connectivity index (χ1n) is 8.25. The maximum Gasteiger partial charge on any atom is 0.253 e. The smallest absolute Gasteiger partial charge is 0.253 e. The Bertz CT molecular complexity index is 687. The van der Waals surface area contributed by atoms with Crippen LogP contribution in [0.5, 0.6) is 0 Å². The van der Waals surface area contributed by atoms with Crippen LogP contribution in [0.25, 0.3) is 0 Å². The fraction of sp³-hybridized carbons (Fsp3) is 0.421. The molecule has 1 saturated carbocycles. The van der Waals surface area contributed by atoms with Gasteiger partial charge in [-0.3, -0.25) is 4.79 Å². The van der Waals surface area contributed by atoms with E-state index < -0.39 is 6.10 Å². The number of aryl methyl sites for hydroxylation is 1. The predicted molar refractivity (Wildman–Crippen MR) is 90.7 cm³/mol. The number of aromatic nitrogens is 1. The first-order valence-corrected chi connectivity index (χ1v) is 8.25. The van der Waals surface area contributed by atoms with E-state index in [2.05, 4.69) is 9.88 Å². The fourth-order valence-electron chi connectivity index (χ4n) is 3.17. The maximum atomic E-state index is 12.4. The highest BCUT2D eigenvalue weighted by Gasteiger charge is 2.28. The molecule has 1 fully saturated rings. The second kappa shape index (κ2) is 6.59. The zero-order valence-corrected chi connectivity index (χ0v) is 13.7. The van der Waals surface area contributed by atoms with Gasteiger partial charge >= 0.3 is 0 Å². The van der Waals surface area contributed by atoms with Gasteiger partial charge in [-0.25, -0.2) is 0 Å². The molecule has 2 N–H and O–H groups in total. The van der Waals surface area contributed by atoms with Gasteiger partial charge in [0.15, 0.2) is 0 Å². The number of nitrogens with one attached hydrogen (secondary N) is 1. The van der Waals surface area contributed by atoms with Gasteiger partial charge in [0.1, 0.15) is 0 Å². The Morgan fingerprint density at radius 2 is 2.00 bits per heavy atom. The number of hydrogen-bond donors (Lipinski definition) is 2. The number of aliphatic hydroxyl groups excluding tert-OH is 1. The quantitative estimate of drug-likeness (QED) is 0.862. The summed E-state index contributed by atoms with van der Waals surface area (Å²) in [6.45, 7) is 4.31. The van der Waals surface area contributed by atoms with E-state index in [1.807, 2.05) is 50.2 Å². The van der Waals surface area contributed by atoms with Crippen molar-refractivity contribution in [2.75, 3.05) is 6.54 Å². The van der Waals surface area contributed by atoms with E-state index >= 15 is 0 Å². The third-order valence-corrected chi connectivity index (χ3v) is 4.45. The lowest BCUT2D eigenvalue weighted by Gasteiger charge is -2.12. The third kappa shape index (κ3) is 3.64. The van der Waals surface area contributed by atoms with E-state index in [9.17, 15) is 9.90 Å². The van der Waals surface area contributed by atoms with Crippen LogP contribution in [-0.2, 0) is 6.42 Å². The van der Waals surface area contributed by atoms with Crippen LogP contribution in [0.3, 0.4) is 0 Å². The van der Waals surface area contributed by atoms with Crippen molar-refractivity contribution in [2.45, 2.75) is 45.3 Å². The van der Waals surface area contributed by atoms with Crippen molar-refractivity contribution >= 4 is 5.91 Å². The Labute approximate surface area is 137 Å². The highest BCUT2D eigenvalue weighted by molar-refractivity contribution is 5.95. The summed E-state index contributed by atoms with van der Waals surface area (Å²) in [7, 11) is 0. The number of aliphatic hydroxyl groups is 1. The predicted octanol–water partition coefficient (Wildman–Crippen LogP) is 2.77. The van der Waals surface area contributed by atoms with E-state index in [0.717, 1.165) is 22.5 Å². The summed E-state index contributed by atoms with van der Waals surface area (Å²) in [6.07, 6.45) is 2.37. The molecule has 1 aliphatic carbocycles. The molecule has 0 saturated heterocycles. The van der Waals surface area contributed by atoms with Crippen molar-refractivity contribution < 1.29 is 9.90 Å². The molecule has 1 aromatic carbocycles. The van der Waals surface area contributed by atoms with Crippen molar-refractivity contribution in [3.8, 4) is 0 Å². The standard InChI is InChI=1S/C19H24N2O2/c1-13-10-18(14(2)21(13)16-8-9-16)19(23)20-12-17(22)11-15-6-4-3-5-7-15/h3-7,10,16-17,22H,8-9,11-12H2,1-2H3,(H,20,23)/t17-/m0/s1. The molecule has 122 valence electrons. The molecule has 0 spiro atoms. The molecule has 1 amide bonds. The number of carbonyl (C=O) groups is 1. The van der Waals surface area contributed by atoms with Gasteiger partial charge in [-0.15, -0.1) is 0 Å². The van der Waals surface area contributed by atoms with Crippen molar-refractivity contribution in [2.24, 2.45) is 0 Å². The number of nitrogens with zero attached hydrogens (tertiary/aromatic N) is 1. The molecule has 1 atom stereocenters. The van der Waals surface area contributed by atoms with Crippen LogP contribution in [0.2, 0.25) is 0 Å². The molecule has 1 aromatic heterocycles. The summed E-state index contributed by atoms with van der Waals surface area (Å²) in [5.74, 6) is -0.0999. The number of rotatable bonds is 6. The van der Waals surface area contributed by atoms with Crippen LogP contribution in [-0.4, -0.2) is 28.2 Å². The highest BCUT2D eigenvalue weighted by atomic mass is 16.3. The van der Waals surface area contributed by atoms with E-state index in [0.29, 0.717) is 12.5 Å². The molecule has 1 aliphatic rings. The van der Waals surface area contributed by atoms with Crippen molar-refractivity contribution in [1.29, 1.82) is 0 Å². The summed E-state index contributed by atoms with van der Waals surface area (Å²) < 4.78 is 2.26. The fourth-order valence-corrected chi connectivity index (χ4v) is 3.17. The maximum absolute atomic E-state index is 12.4. The molecule has 1 heterocycles. The minimum absolute atomic E-state index is 0.0999. The third-order valence-electron chi connectivity index (χ3n) is 4.45. The summed E-state index contributed by atoms with van der Waals surface area (Å²) in [6, 6.07) is 12.3.